The molecule has 94 valence electrons. The first kappa shape index (κ1) is 12.9. The number of aromatic nitrogens is 1. The summed E-state index contributed by atoms with van der Waals surface area (Å²) < 4.78 is 0. The SMILES string of the molecule is Cc1cc(SCCC(=O)NN)nc2ccccc12. The van der Waals surface area contributed by atoms with Crippen LogP contribution in [0.4, 0.5) is 0 Å². The maximum atomic E-state index is 11.0. The average molecular weight is 261 g/mol. The van der Waals surface area contributed by atoms with Crippen molar-refractivity contribution in [3.8, 4) is 0 Å². The molecule has 0 saturated carbocycles. The lowest BCUT2D eigenvalue weighted by molar-refractivity contribution is -0.120. The van der Waals surface area contributed by atoms with Gasteiger partial charge in [0.25, 0.3) is 0 Å². The average Bonchev–Trinajstić information content (AvgIpc) is 2.38. The quantitative estimate of drug-likeness (QED) is 0.382. The van der Waals surface area contributed by atoms with Gasteiger partial charge >= 0.3 is 0 Å². The van der Waals surface area contributed by atoms with Crippen molar-refractivity contribution in [1.82, 2.24) is 10.4 Å². The number of amides is 1. The van der Waals surface area contributed by atoms with E-state index in [2.05, 4.69) is 23.4 Å². The van der Waals surface area contributed by atoms with Crippen molar-refractivity contribution < 1.29 is 4.79 Å². The number of hydrazine groups is 1. The second-order valence-electron chi connectivity index (χ2n) is 3.96. The Morgan fingerprint density at radius 1 is 1.44 bits per heavy atom. The van der Waals surface area contributed by atoms with Crippen LogP contribution in [0.25, 0.3) is 10.9 Å². The molecule has 0 atom stereocenters. The summed E-state index contributed by atoms with van der Waals surface area (Å²) in [6.45, 7) is 2.07. The molecule has 0 spiro atoms. The van der Waals surface area contributed by atoms with Gasteiger partial charge in [-0.05, 0) is 24.6 Å². The van der Waals surface area contributed by atoms with Crippen molar-refractivity contribution in [2.45, 2.75) is 18.4 Å². The third-order valence-corrected chi connectivity index (χ3v) is 3.55. The highest BCUT2D eigenvalue weighted by atomic mass is 32.2. The highest BCUT2D eigenvalue weighted by molar-refractivity contribution is 7.99. The molecule has 4 nitrogen and oxygen atoms in total. The fraction of sp³-hybridized carbons (Fsp3) is 0.231. The number of rotatable bonds is 4. The number of benzene rings is 1. The first-order chi connectivity index (χ1) is 8.70. The predicted octanol–water partition coefficient (Wildman–Crippen LogP) is 2.02. The smallest absolute Gasteiger partial charge is 0.234 e. The molecule has 0 bridgehead atoms. The van der Waals surface area contributed by atoms with E-state index >= 15 is 0 Å². The highest BCUT2D eigenvalue weighted by Crippen LogP contribution is 2.23. The van der Waals surface area contributed by atoms with Crippen LogP contribution in [-0.2, 0) is 4.79 Å². The van der Waals surface area contributed by atoms with Crippen LogP contribution < -0.4 is 11.3 Å². The number of fused-ring (bicyclic) bond motifs is 1. The maximum Gasteiger partial charge on any atom is 0.234 e. The van der Waals surface area contributed by atoms with Gasteiger partial charge in [-0.1, -0.05) is 18.2 Å². The summed E-state index contributed by atoms with van der Waals surface area (Å²) in [5.74, 6) is 5.55. The topological polar surface area (TPSA) is 68.0 Å². The summed E-state index contributed by atoms with van der Waals surface area (Å²) in [5.41, 5.74) is 4.31. The zero-order chi connectivity index (χ0) is 13.0. The van der Waals surface area contributed by atoms with Crippen LogP contribution in [0, 0.1) is 6.92 Å². The van der Waals surface area contributed by atoms with Crippen LogP contribution >= 0.6 is 11.8 Å². The Kier molecular flexibility index (Phi) is 4.17. The largest absolute Gasteiger partial charge is 0.294 e. The molecule has 2 aromatic rings. The molecule has 0 unspecified atom stereocenters. The molecule has 1 heterocycles. The molecule has 1 amide bonds. The number of carbonyl (C=O) groups is 1. The summed E-state index contributed by atoms with van der Waals surface area (Å²) in [6, 6.07) is 10.1. The number of nitrogens with one attached hydrogen (secondary N) is 1. The van der Waals surface area contributed by atoms with Gasteiger partial charge in [0.15, 0.2) is 0 Å². The zero-order valence-electron chi connectivity index (χ0n) is 10.1. The first-order valence-electron chi connectivity index (χ1n) is 5.69. The van der Waals surface area contributed by atoms with Crippen LogP contribution in [0.2, 0.25) is 0 Å². The summed E-state index contributed by atoms with van der Waals surface area (Å²) in [6.07, 6.45) is 0.398. The number of nitrogens with two attached hydrogens (primary N) is 1. The number of nitrogens with zero attached hydrogens (tertiary/aromatic N) is 1. The fourth-order valence-electron chi connectivity index (χ4n) is 1.71. The Hall–Kier alpha value is -1.59. The molecule has 18 heavy (non-hydrogen) atoms. The molecule has 0 radical (unpaired) electrons. The van der Waals surface area contributed by atoms with Gasteiger partial charge < -0.3 is 0 Å². The van der Waals surface area contributed by atoms with E-state index in [1.54, 1.807) is 11.8 Å². The molecule has 0 aliphatic rings. The lowest BCUT2D eigenvalue weighted by atomic mass is 10.1. The Bertz CT molecular complexity index is 571. The van der Waals surface area contributed by atoms with E-state index in [1.807, 2.05) is 24.3 Å². The van der Waals surface area contributed by atoms with Crippen molar-refractivity contribution in [3.05, 3.63) is 35.9 Å². The first-order valence-corrected chi connectivity index (χ1v) is 6.68. The maximum absolute atomic E-state index is 11.0. The Morgan fingerprint density at radius 2 is 2.22 bits per heavy atom. The van der Waals surface area contributed by atoms with Crippen molar-refractivity contribution in [2.24, 2.45) is 5.84 Å². The predicted molar refractivity (Wildman–Crippen MR) is 74.2 cm³/mol. The molecule has 0 fully saturated rings. The third-order valence-electron chi connectivity index (χ3n) is 2.64. The van der Waals surface area contributed by atoms with Crippen LogP contribution in [0.15, 0.2) is 35.4 Å². The van der Waals surface area contributed by atoms with E-state index in [0.29, 0.717) is 12.2 Å². The Balaban J connectivity index is 2.12. The van der Waals surface area contributed by atoms with Gasteiger partial charge in [-0.25, -0.2) is 10.8 Å². The fourth-order valence-corrected chi connectivity index (χ4v) is 2.63. The van der Waals surface area contributed by atoms with E-state index < -0.39 is 0 Å². The molecular formula is C13H15N3OS. The van der Waals surface area contributed by atoms with E-state index in [1.165, 1.54) is 10.9 Å². The minimum absolute atomic E-state index is 0.153. The molecular weight excluding hydrogens is 246 g/mol. The Morgan fingerprint density at radius 3 is 3.00 bits per heavy atom. The number of hydrogen-bond donors (Lipinski definition) is 2. The standard InChI is InChI=1S/C13H15N3OS/c1-9-8-13(18-7-6-12(17)16-14)15-11-5-3-2-4-10(9)11/h2-5,8H,6-7,14H2,1H3,(H,16,17). The second kappa shape index (κ2) is 5.84. The van der Waals surface area contributed by atoms with E-state index in [9.17, 15) is 4.79 Å². The lowest BCUT2D eigenvalue weighted by Gasteiger charge is -2.05. The van der Waals surface area contributed by atoms with Crippen LogP contribution in [-0.4, -0.2) is 16.6 Å². The molecule has 0 aliphatic carbocycles. The van der Waals surface area contributed by atoms with Gasteiger partial charge in [0.1, 0.15) is 0 Å². The number of hydrogen-bond acceptors (Lipinski definition) is 4. The number of pyridine rings is 1. The molecule has 1 aromatic carbocycles. The van der Waals surface area contributed by atoms with Crippen LogP contribution in [0.3, 0.4) is 0 Å². The lowest BCUT2D eigenvalue weighted by Crippen LogP contribution is -2.30. The molecule has 0 saturated heterocycles. The van der Waals surface area contributed by atoms with Crippen LogP contribution in [0.1, 0.15) is 12.0 Å². The highest BCUT2D eigenvalue weighted by Gasteiger charge is 2.04. The number of thioether (sulfide) groups is 1. The van der Waals surface area contributed by atoms with Gasteiger partial charge in [0.05, 0.1) is 10.5 Å². The van der Waals surface area contributed by atoms with Crippen molar-refractivity contribution >= 4 is 28.6 Å². The molecule has 1 aromatic heterocycles. The van der Waals surface area contributed by atoms with Gasteiger partial charge in [-0.15, -0.1) is 11.8 Å². The summed E-state index contributed by atoms with van der Waals surface area (Å²) >= 11 is 1.57. The molecule has 3 N–H and O–H groups in total. The minimum Gasteiger partial charge on any atom is -0.294 e. The van der Waals surface area contributed by atoms with Gasteiger partial charge in [0.2, 0.25) is 5.91 Å². The number of para-hydroxylation sites is 1. The normalized spacial score (nSPS) is 10.6. The summed E-state index contributed by atoms with van der Waals surface area (Å²) in [7, 11) is 0. The van der Waals surface area contributed by atoms with Crippen molar-refractivity contribution in [1.29, 1.82) is 0 Å². The van der Waals surface area contributed by atoms with E-state index in [0.717, 1.165) is 10.5 Å². The van der Waals surface area contributed by atoms with Crippen molar-refractivity contribution in [3.63, 3.8) is 0 Å². The zero-order valence-corrected chi connectivity index (χ0v) is 11.0. The van der Waals surface area contributed by atoms with E-state index in [4.69, 9.17) is 5.84 Å². The van der Waals surface area contributed by atoms with E-state index in [-0.39, 0.29) is 5.91 Å². The molecule has 2 rings (SSSR count). The molecule has 0 aliphatic heterocycles. The monoisotopic (exact) mass is 261 g/mol. The summed E-state index contributed by atoms with van der Waals surface area (Å²) in [4.78, 5) is 15.6. The van der Waals surface area contributed by atoms with Gasteiger partial charge in [-0.3, -0.25) is 10.2 Å². The number of carbonyl (C=O) groups excluding carboxylic acids is 1. The minimum atomic E-state index is -0.153. The number of aryl methyl sites for hydroxylation is 1. The second-order valence-corrected chi connectivity index (χ2v) is 5.08. The molecule has 5 heteroatoms. The summed E-state index contributed by atoms with van der Waals surface area (Å²) in [5, 5.41) is 2.11. The van der Waals surface area contributed by atoms with Gasteiger partial charge in [0, 0.05) is 17.6 Å². The van der Waals surface area contributed by atoms with Crippen LogP contribution in [0.5, 0.6) is 0 Å². The van der Waals surface area contributed by atoms with Gasteiger partial charge in [-0.2, -0.15) is 0 Å². The van der Waals surface area contributed by atoms with Crippen molar-refractivity contribution in [2.75, 3.05) is 5.75 Å². The third kappa shape index (κ3) is 3.00. The Labute approximate surface area is 110 Å².